The van der Waals surface area contributed by atoms with E-state index in [1.807, 2.05) is 0 Å². The summed E-state index contributed by atoms with van der Waals surface area (Å²) < 4.78 is 37.1. The lowest BCUT2D eigenvalue weighted by Gasteiger charge is -2.11. The average Bonchev–Trinajstić information content (AvgIpc) is 2.02. The first-order valence-electron chi connectivity index (χ1n) is 3.47. The number of hydrogen-bond acceptors (Lipinski definition) is 0. The standard InChI is InChI=1S/C8H4BrCl2F3/c9-6-2-1-4(7(10)11)3-5(6)8(12,13)14/h1-3,7H. The van der Waals surface area contributed by atoms with Crippen LogP contribution in [0.1, 0.15) is 16.0 Å². The molecule has 0 saturated carbocycles. The number of benzene rings is 1. The van der Waals surface area contributed by atoms with Crippen LogP contribution in [0.4, 0.5) is 13.2 Å². The molecular formula is C8H4BrCl2F3. The summed E-state index contributed by atoms with van der Waals surface area (Å²) in [5.41, 5.74) is -0.551. The summed E-state index contributed by atoms with van der Waals surface area (Å²) in [5, 5.41) is 0. The van der Waals surface area contributed by atoms with E-state index in [-0.39, 0.29) is 10.0 Å². The van der Waals surface area contributed by atoms with E-state index in [2.05, 4.69) is 15.9 Å². The summed E-state index contributed by atoms with van der Waals surface area (Å²) in [5.74, 6) is 0. The van der Waals surface area contributed by atoms with Crippen LogP contribution in [0.2, 0.25) is 0 Å². The van der Waals surface area contributed by atoms with Gasteiger partial charge in [0.25, 0.3) is 0 Å². The highest BCUT2D eigenvalue weighted by Gasteiger charge is 2.33. The van der Waals surface area contributed by atoms with Crippen molar-refractivity contribution in [3.8, 4) is 0 Å². The predicted octanol–water partition coefficient (Wildman–Crippen LogP) is 4.94. The Labute approximate surface area is 97.1 Å². The van der Waals surface area contributed by atoms with Crippen LogP contribution in [0.25, 0.3) is 0 Å². The van der Waals surface area contributed by atoms with Gasteiger partial charge in [-0.15, -0.1) is 23.2 Å². The van der Waals surface area contributed by atoms with Crippen molar-refractivity contribution in [3.63, 3.8) is 0 Å². The Hall–Kier alpha value is 0.0700. The van der Waals surface area contributed by atoms with Crippen LogP contribution in [0.5, 0.6) is 0 Å². The Bertz CT molecular complexity index is 336. The maximum atomic E-state index is 12.4. The molecule has 1 aromatic rings. The quantitative estimate of drug-likeness (QED) is 0.644. The zero-order valence-corrected chi connectivity index (χ0v) is 9.68. The Morgan fingerprint density at radius 2 is 1.79 bits per heavy atom. The normalized spacial score (nSPS) is 12.2. The summed E-state index contributed by atoms with van der Waals surface area (Å²) in [7, 11) is 0. The van der Waals surface area contributed by atoms with E-state index in [9.17, 15) is 13.2 Å². The van der Waals surface area contributed by atoms with E-state index in [1.54, 1.807) is 0 Å². The van der Waals surface area contributed by atoms with E-state index < -0.39 is 16.6 Å². The Kier molecular flexibility index (Phi) is 3.72. The number of hydrogen-bond donors (Lipinski definition) is 0. The van der Waals surface area contributed by atoms with Gasteiger partial charge in [-0.2, -0.15) is 13.2 Å². The van der Waals surface area contributed by atoms with Crippen LogP contribution in [0.3, 0.4) is 0 Å². The fraction of sp³-hybridized carbons (Fsp3) is 0.250. The molecule has 0 spiro atoms. The van der Waals surface area contributed by atoms with E-state index in [1.165, 1.54) is 12.1 Å². The second-order valence-corrected chi connectivity index (χ2v) is 4.49. The molecule has 0 atom stereocenters. The van der Waals surface area contributed by atoms with E-state index in [0.717, 1.165) is 6.07 Å². The van der Waals surface area contributed by atoms with Gasteiger partial charge in [0.15, 0.2) is 0 Å². The molecule has 0 fully saturated rings. The largest absolute Gasteiger partial charge is 0.417 e. The highest BCUT2D eigenvalue weighted by atomic mass is 79.9. The summed E-state index contributed by atoms with van der Waals surface area (Å²) >= 11 is 13.7. The van der Waals surface area contributed by atoms with Gasteiger partial charge in [-0.1, -0.05) is 22.0 Å². The third-order valence-electron chi connectivity index (χ3n) is 1.55. The van der Waals surface area contributed by atoms with Gasteiger partial charge in [0.2, 0.25) is 0 Å². The highest BCUT2D eigenvalue weighted by Crippen LogP contribution is 2.37. The van der Waals surface area contributed by atoms with Gasteiger partial charge in [-0.3, -0.25) is 0 Å². The number of rotatable bonds is 1. The van der Waals surface area contributed by atoms with Crippen molar-refractivity contribution in [2.45, 2.75) is 11.0 Å². The maximum absolute atomic E-state index is 12.4. The second kappa shape index (κ2) is 4.29. The molecule has 0 saturated heterocycles. The van der Waals surface area contributed by atoms with Gasteiger partial charge in [-0.25, -0.2) is 0 Å². The molecule has 0 nitrogen and oxygen atoms in total. The molecule has 0 aliphatic carbocycles. The topological polar surface area (TPSA) is 0 Å². The fourth-order valence-electron chi connectivity index (χ4n) is 0.896. The first-order valence-corrected chi connectivity index (χ1v) is 5.13. The lowest BCUT2D eigenvalue weighted by atomic mass is 10.1. The van der Waals surface area contributed by atoms with Crippen LogP contribution in [-0.2, 0) is 6.18 Å². The van der Waals surface area contributed by atoms with Gasteiger partial charge >= 0.3 is 6.18 Å². The van der Waals surface area contributed by atoms with Crippen molar-refractivity contribution >= 4 is 39.1 Å². The van der Waals surface area contributed by atoms with E-state index >= 15 is 0 Å². The first kappa shape index (κ1) is 12.1. The van der Waals surface area contributed by atoms with Crippen LogP contribution < -0.4 is 0 Å². The molecule has 0 radical (unpaired) electrons. The van der Waals surface area contributed by atoms with E-state index in [0.29, 0.717) is 0 Å². The minimum Gasteiger partial charge on any atom is -0.166 e. The average molecular weight is 308 g/mol. The van der Waals surface area contributed by atoms with Gasteiger partial charge in [0.1, 0.15) is 4.84 Å². The lowest BCUT2D eigenvalue weighted by Crippen LogP contribution is -2.06. The van der Waals surface area contributed by atoms with Crippen LogP contribution in [0.15, 0.2) is 22.7 Å². The molecule has 0 unspecified atom stereocenters. The minimum absolute atomic E-state index is 0.0252. The van der Waals surface area contributed by atoms with Crippen LogP contribution in [-0.4, -0.2) is 0 Å². The SMILES string of the molecule is FC(F)(F)c1cc(C(Cl)Cl)ccc1Br. The van der Waals surface area contributed by atoms with Gasteiger partial charge in [0.05, 0.1) is 5.56 Å². The molecule has 0 aliphatic heterocycles. The first-order chi connectivity index (χ1) is 6.32. The molecular weight excluding hydrogens is 304 g/mol. The molecule has 1 aromatic carbocycles. The van der Waals surface area contributed by atoms with Crippen molar-refractivity contribution in [1.82, 2.24) is 0 Å². The van der Waals surface area contributed by atoms with Crippen molar-refractivity contribution in [2.24, 2.45) is 0 Å². The molecule has 0 aromatic heterocycles. The van der Waals surface area contributed by atoms with Crippen LogP contribution >= 0.6 is 39.1 Å². The van der Waals surface area contributed by atoms with Crippen molar-refractivity contribution in [3.05, 3.63) is 33.8 Å². The molecule has 0 N–H and O–H groups in total. The molecule has 0 amide bonds. The van der Waals surface area contributed by atoms with Crippen molar-refractivity contribution in [1.29, 1.82) is 0 Å². The second-order valence-electron chi connectivity index (χ2n) is 2.54. The minimum atomic E-state index is -4.41. The Morgan fingerprint density at radius 3 is 2.21 bits per heavy atom. The summed E-state index contributed by atoms with van der Waals surface area (Å²) in [6.45, 7) is 0. The molecule has 0 aliphatic rings. The molecule has 0 bridgehead atoms. The van der Waals surface area contributed by atoms with Gasteiger partial charge in [-0.05, 0) is 17.7 Å². The zero-order chi connectivity index (χ0) is 10.9. The predicted molar refractivity (Wildman–Crippen MR) is 53.6 cm³/mol. The third-order valence-corrected chi connectivity index (χ3v) is 2.74. The lowest BCUT2D eigenvalue weighted by molar-refractivity contribution is -0.138. The van der Waals surface area contributed by atoms with Crippen molar-refractivity contribution in [2.75, 3.05) is 0 Å². The fourth-order valence-corrected chi connectivity index (χ4v) is 1.64. The Morgan fingerprint density at radius 1 is 1.21 bits per heavy atom. The summed E-state index contributed by atoms with van der Waals surface area (Å²) in [6, 6.07) is 3.63. The number of halogens is 6. The molecule has 1 rings (SSSR count). The smallest absolute Gasteiger partial charge is 0.166 e. The third kappa shape index (κ3) is 2.78. The van der Waals surface area contributed by atoms with Crippen LogP contribution in [0, 0.1) is 0 Å². The van der Waals surface area contributed by atoms with Gasteiger partial charge < -0.3 is 0 Å². The monoisotopic (exact) mass is 306 g/mol. The molecule has 78 valence electrons. The summed E-state index contributed by atoms with van der Waals surface area (Å²) in [4.78, 5) is -0.954. The van der Waals surface area contributed by atoms with Crippen molar-refractivity contribution < 1.29 is 13.2 Å². The van der Waals surface area contributed by atoms with E-state index in [4.69, 9.17) is 23.2 Å². The molecule has 14 heavy (non-hydrogen) atoms. The molecule has 0 heterocycles. The van der Waals surface area contributed by atoms with Gasteiger partial charge in [0, 0.05) is 4.47 Å². The maximum Gasteiger partial charge on any atom is 0.417 e. The molecule has 6 heteroatoms. The Balaban J connectivity index is 3.22. The zero-order valence-electron chi connectivity index (χ0n) is 6.58. The number of alkyl halides is 5. The summed E-state index contributed by atoms with van der Waals surface area (Å²) in [6.07, 6.45) is -4.41. The highest BCUT2D eigenvalue weighted by molar-refractivity contribution is 9.10.